The molecule has 0 aliphatic carbocycles. The Morgan fingerprint density at radius 2 is 1.79 bits per heavy atom. The van der Waals surface area contributed by atoms with Crippen LogP contribution in [0.25, 0.3) is 0 Å². The maximum atomic E-state index is 14.1. The molecule has 0 aliphatic heterocycles. The molecule has 0 aliphatic rings. The molecule has 0 radical (unpaired) electrons. The Hall–Kier alpha value is -1.78. The van der Waals surface area contributed by atoms with E-state index in [-0.39, 0.29) is 17.7 Å². The van der Waals surface area contributed by atoms with Crippen molar-refractivity contribution in [1.29, 1.82) is 0 Å². The predicted molar refractivity (Wildman–Crippen MR) is 71.3 cm³/mol. The summed E-state index contributed by atoms with van der Waals surface area (Å²) in [5.74, 6) is 4.96. The average Bonchev–Trinajstić information content (AvgIpc) is 2.42. The van der Waals surface area contributed by atoms with Crippen molar-refractivity contribution < 1.29 is 8.78 Å². The zero-order chi connectivity index (χ0) is 13.8. The van der Waals surface area contributed by atoms with Crippen molar-refractivity contribution in [2.45, 2.75) is 19.4 Å². The van der Waals surface area contributed by atoms with Crippen LogP contribution in [0.3, 0.4) is 0 Å². The lowest BCUT2D eigenvalue weighted by Crippen LogP contribution is -2.30. The first-order valence-electron chi connectivity index (χ1n) is 6.07. The van der Waals surface area contributed by atoms with Gasteiger partial charge in [-0.15, -0.1) is 0 Å². The highest BCUT2D eigenvalue weighted by molar-refractivity contribution is 5.29. The van der Waals surface area contributed by atoms with Gasteiger partial charge in [-0.1, -0.05) is 30.3 Å². The largest absolute Gasteiger partial charge is 0.271 e. The van der Waals surface area contributed by atoms with Gasteiger partial charge in [0.05, 0.1) is 6.04 Å². The van der Waals surface area contributed by atoms with Gasteiger partial charge < -0.3 is 0 Å². The molecule has 2 aromatic rings. The van der Waals surface area contributed by atoms with Crippen molar-refractivity contribution in [3.8, 4) is 0 Å². The number of nitrogens with one attached hydrogen (secondary N) is 1. The second kappa shape index (κ2) is 5.91. The van der Waals surface area contributed by atoms with Crippen molar-refractivity contribution >= 4 is 0 Å². The van der Waals surface area contributed by atoms with Gasteiger partial charge in [-0.25, -0.2) is 8.78 Å². The maximum absolute atomic E-state index is 14.1. The molecule has 2 aromatic carbocycles. The molecule has 3 N–H and O–H groups in total. The van der Waals surface area contributed by atoms with E-state index in [4.69, 9.17) is 5.84 Å². The minimum atomic E-state index is -0.342. The molecule has 2 rings (SSSR count). The Labute approximate surface area is 111 Å². The third kappa shape index (κ3) is 3.16. The Balaban J connectivity index is 2.25. The average molecular weight is 262 g/mol. The highest BCUT2D eigenvalue weighted by Gasteiger charge is 2.16. The first-order valence-corrected chi connectivity index (χ1v) is 6.07. The summed E-state index contributed by atoms with van der Waals surface area (Å²) in [7, 11) is 0. The van der Waals surface area contributed by atoms with Crippen LogP contribution in [0.4, 0.5) is 8.78 Å². The number of aryl methyl sites for hydroxylation is 1. The van der Waals surface area contributed by atoms with Gasteiger partial charge in [0.25, 0.3) is 0 Å². The summed E-state index contributed by atoms with van der Waals surface area (Å²) in [5.41, 5.74) is 4.61. The fraction of sp³-hybridized carbons (Fsp3) is 0.200. The summed E-state index contributed by atoms with van der Waals surface area (Å²) in [6.07, 6.45) is 0.497. The number of halogens is 2. The molecule has 0 bridgehead atoms. The van der Waals surface area contributed by atoms with Gasteiger partial charge in [0.2, 0.25) is 0 Å². The predicted octanol–water partition coefficient (Wildman–Crippen LogP) is 3.02. The number of hydrazine groups is 1. The van der Waals surface area contributed by atoms with Gasteiger partial charge in [0, 0.05) is 5.56 Å². The van der Waals surface area contributed by atoms with E-state index in [1.165, 1.54) is 12.1 Å². The van der Waals surface area contributed by atoms with Crippen LogP contribution in [-0.4, -0.2) is 0 Å². The van der Waals surface area contributed by atoms with Gasteiger partial charge >= 0.3 is 0 Å². The highest BCUT2D eigenvalue weighted by Crippen LogP contribution is 2.22. The molecule has 0 fully saturated rings. The van der Waals surface area contributed by atoms with Crippen LogP contribution in [0.1, 0.15) is 22.7 Å². The Bertz CT molecular complexity index is 553. The van der Waals surface area contributed by atoms with Crippen molar-refractivity contribution in [2.75, 3.05) is 0 Å². The third-order valence-corrected chi connectivity index (χ3v) is 3.15. The van der Waals surface area contributed by atoms with Crippen molar-refractivity contribution in [2.24, 2.45) is 5.84 Å². The van der Waals surface area contributed by atoms with Crippen molar-refractivity contribution in [1.82, 2.24) is 5.43 Å². The molecular formula is C15H16F2N2. The lowest BCUT2D eigenvalue weighted by molar-refractivity contribution is 0.507. The van der Waals surface area contributed by atoms with Gasteiger partial charge in [-0.2, -0.15) is 0 Å². The Morgan fingerprint density at radius 3 is 2.42 bits per heavy atom. The molecule has 0 spiro atoms. The van der Waals surface area contributed by atoms with Crippen LogP contribution in [0.2, 0.25) is 0 Å². The monoisotopic (exact) mass is 262 g/mol. The molecule has 2 nitrogen and oxygen atoms in total. The molecule has 0 heterocycles. The van der Waals surface area contributed by atoms with Crippen LogP contribution in [0.15, 0.2) is 42.5 Å². The molecule has 0 aromatic heterocycles. The second-order valence-electron chi connectivity index (χ2n) is 4.53. The van der Waals surface area contributed by atoms with Gasteiger partial charge in [0.1, 0.15) is 11.6 Å². The summed E-state index contributed by atoms with van der Waals surface area (Å²) < 4.78 is 26.9. The van der Waals surface area contributed by atoms with E-state index in [1.807, 2.05) is 0 Å². The first kappa shape index (κ1) is 13.6. The third-order valence-electron chi connectivity index (χ3n) is 3.15. The summed E-state index contributed by atoms with van der Waals surface area (Å²) in [5, 5.41) is 0. The van der Waals surface area contributed by atoms with E-state index in [0.717, 1.165) is 5.56 Å². The van der Waals surface area contributed by atoms with Crippen LogP contribution in [0.5, 0.6) is 0 Å². The van der Waals surface area contributed by atoms with Crippen LogP contribution < -0.4 is 11.3 Å². The molecule has 0 amide bonds. The number of rotatable bonds is 4. The van der Waals surface area contributed by atoms with Crippen molar-refractivity contribution in [3.05, 3.63) is 70.8 Å². The smallest absolute Gasteiger partial charge is 0.130 e. The lowest BCUT2D eigenvalue weighted by atomic mass is 9.97. The summed E-state index contributed by atoms with van der Waals surface area (Å²) in [6.45, 7) is 1.71. The van der Waals surface area contributed by atoms with Gasteiger partial charge in [-0.05, 0) is 36.6 Å². The normalized spacial score (nSPS) is 12.4. The molecule has 1 unspecified atom stereocenters. The van der Waals surface area contributed by atoms with E-state index >= 15 is 0 Å². The fourth-order valence-electron chi connectivity index (χ4n) is 2.05. The second-order valence-corrected chi connectivity index (χ2v) is 4.53. The zero-order valence-electron chi connectivity index (χ0n) is 10.7. The van der Waals surface area contributed by atoms with Gasteiger partial charge in [-0.3, -0.25) is 11.3 Å². The van der Waals surface area contributed by atoms with E-state index < -0.39 is 0 Å². The highest BCUT2D eigenvalue weighted by atomic mass is 19.1. The lowest BCUT2D eigenvalue weighted by Gasteiger charge is -2.18. The molecule has 4 heteroatoms. The van der Waals surface area contributed by atoms with E-state index in [9.17, 15) is 8.78 Å². The zero-order valence-corrected chi connectivity index (χ0v) is 10.7. The van der Waals surface area contributed by atoms with E-state index in [1.54, 1.807) is 37.3 Å². The molecule has 19 heavy (non-hydrogen) atoms. The topological polar surface area (TPSA) is 38.0 Å². The quantitative estimate of drug-likeness (QED) is 0.656. The standard InChI is InChI=1S/C15H16F2N2/c1-10-3-2-4-13(15(10)17)14(19-18)9-11-5-7-12(16)8-6-11/h2-8,14,19H,9,18H2,1H3. The number of nitrogens with two attached hydrogens (primary N) is 1. The van der Waals surface area contributed by atoms with Crippen LogP contribution in [-0.2, 0) is 6.42 Å². The number of hydrogen-bond acceptors (Lipinski definition) is 2. The van der Waals surface area contributed by atoms with E-state index in [0.29, 0.717) is 17.5 Å². The fourth-order valence-corrected chi connectivity index (χ4v) is 2.05. The number of benzene rings is 2. The van der Waals surface area contributed by atoms with Crippen LogP contribution in [0, 0.1) is 18.6 Å². The minimum Gasteiger partial charge on any atom is -0.271 e. The molecular weight excluding hydrogens is 246 g/mol. The maximum Gasteiger partial charge on any atom is 0.130 e. The SMILES string of the molecule is Cc1cccc(C(Cc2ccc(F)cc2)NN)c1F. The van der Waals surface area contributed by atoms with Crippen LogP contribution >= 0.6 is 0 Å². The Morgan fingerprint density at radius 1 is 1.11 bits per heavy atom. The molecule has 1 atom stereocenters. The van der Waals surface area contributed by atoms with Crippen molar-refractivity contribution in [3.63, 3.8) is 0 Å². The molecule has 0 saturated heterocycles. The Kier molecular flexibility index (Phi) is 4.24. The van der Waals surface area contributed by atoms with Gasteiger partial charge in [0.15, 0.2) is 0 Å². The summed E-state index contributed by atoms with van der Waals surface area (Å²) >= 11 is 0. The minimum absolute atomic E-state index is 0.257. The number of hydrogen-bond donors (Lipinski definition) is 2. The molecule has 0 saturated carbocycles. The summed E-state index contributed by atoms with van der Waals surface area (Å²) in [6, 6.07) is 11.0. The summed E-state index contributed by atoms with van der Waals surface area (Å²) in [4.78, 5) is 0. The molecule has 100 valence electrons. The first-order chi connectivity index (χ1) is 9.11. The van der Waals surface area contributed by atoms with E-state index in [2.05, 4.69) is 5.43 Å².